The standard InChI is InChI=1S/C20H22O6/c1-3-17(22)13-26-20(23)15-6-4-14(5-7-15)12-25-18-8-9-19(24-2)16(10-18)11-21/h4-11,17,22H,3,12-13H2,1-2H3/t17-/m1/s1. The highest BCUT2D eigenvalue weighted by atomic mass is 16.5. The number of benzene rings is 2. The molecule has 2 aromatic rings. The van der Waals surface area contributed by atoms with Crippen molar-refractivity contribution in [1.82, 2.24) is 0 Å². The average molecular weight is 358 g/mol. The molecule has 1 atom stereocenters. The lowest BCUT2D eigenvalue weighted by Gasteiger charge is -2.10. The van der Waals surface area contributed by atoms with Crippen LogP contribution >= 0.6 is 0 Å². The van der Waals surface area contributed by atoms with Crippen LogP contribution in [0, 0.1) is 0 Å². The molecule has 0 heterocycles. The number of carbonyl (C=O) groups excluding carboxylic acids is 2. The van der Waals surface area contributed by atoms with E-state index in [1.165, 1.54) is 7.11 Å². The molecule has 0 radical (unpaired) electrons. The Kier molecular flexibility index (Phi) is 7.17. The zero-order valence-corrected chi connectivity index (χ0v) is 14.8. The van der Waals surface area contributed by atoms with Crippen LogP contribution in [0.2, 0.25) is 0 Å². The van der Waals surface area contributed by atoms with Crippen LogP contribution in [0.4, 0.5) is 0 Å². The fourth-order valence-corrected chi connectivity index (χ4v) is 2.17. The normalized spacial score (nSPS) is 11.5. The summed E-state index contributed by atoms with van der Waals surface area (Å²) in [6, 6.07) is 11.8. The minimum absolute atomic E-state index is 0.0171. The lowest BCUT2D eigenvalue weighted by molar-refractivity contribution is 0.0250. The highest BCUT2D eigenvalue weighted by molar-refractivity contribution is 5.89. The summed E-state index contributed by atoms with van der Waals surface area (Å²) in [7, 11) is 1.50. The van der Waals surface area contributed by atoms with E-state index in [1.54, 1.807) is 42.5 Å². The van der Waals surface area contributed by atoms with Gasteiger partial charge in [-0.15, -0.1) is 0 Å². The number of carbonyl (C=O) groups is 2. The second kappa shape index (κ2) is 9.58. The van der Waals surface area contributed by atoms with Crippen LogP contribution in [-0.2, 0) is 11.3 Å². The lowest BCUT2D eigenvalue weighted by atomic mass is 10.1. The van der Waals surface area contributed by atoms with E-state index in [4.69, 9.17) is 14.2 Å². The molecule has 26 heavy (non-hydrogen) atoms. The van der Waals surface area contributed by atoms with E-state index < -0.39 is 12.1 Å². The molecule has 138 valence electrons. The molecule has 0 unspecified atom stereocenters. The van der Waals surface area contributed by atoms with Gasteiger partial charge in [-0.2, -0.15) is 0 Å². The van der Waals surface area contributed by atoms with Gasteiger partial charge in [0.15, 0.2) is 6.29 Å². The third-order valence-corrected chi connectivity index (χ3v) is 3.80. The zero-order valence-electron chi connectivity index (χ0n) is 14.8. The molecule has 0 aliphatic carbocycles. The second-order valence-electron chi connectivity index (χ2n) is 5.67. The molecular weight excluding hydrogens is 336 g/mol. The van der Waals surface area contributed by atoms with Gasteiger partial charge in [-0.05, 0) is 42.3 Å². The fourth-order valence-electron chi connectivity index (χ4n) is 2.17. The minimum atomic E-state index is -0.646. The van der Waals surface area contributed by atoms with E-state index >= 15 is 0 Å². The smallest absolute Gasteiger partial charge is 0.338 e. The first-order valence-electron chi connectivity index (χ1n) is 8.27. The van der Waals surface area contributed by atoms with Crippen molar-refractivity contribution in [3.63, 3.8) is 0 Å². The van der Waals surface area contributed by atoms with Gasteiger partial charge in [0.1, 0.15) is 24.7 Å². The molecule has 6 heteroatoms. The van der Waals surface area contributed by atoms with Gasteiger partial charge in [0, 0.05) is 0 Å². The molecule has 2 rings (SSSR count). The van der Waals surface area contributed by atoms with Crippen molar-refractivity contribution in [2.75, 3.05) is 13.7 Å². The summed E-state index contributed by atoms with van der Waals surface area (Å²) in [6.45, 7) is 2.08. The van der Waals surface area contributed by atoms with Crippen LogP contribution in [-0.4, -0.2) is 37.2 Å². The Labute approximate surface area is 152 Å². The number of aldehydes is 1. The second-order valence-corrected chi connectivity index (χ2v) is 5.67. The summed E-state index contributed by atoms with van der Waals surface area (Å²) in [5, 5.41) is 9.42. The van der Waals surface area contributed by atoms with Crippen molar-refractivity contribution < 1.29 is 28.9 Å². The summed E-state index contributed by atoms with van der Waals surface area (Å²) < 4.78 is 15.8. The van der Waals surface area contributed by atoms with E-state index in [0.717, 1.165) is 5.56 Å². The topological polar surface area (TPSA) is 82.1 Å². The van der Waals surface area contributed by atoms with Crippen molar-refractivity contribution in [2.24, 2.45) is 0 Å². The minimum Gasteiger partial charge on any atom is -0.496 e. The van der Waals surface area contributed by atoms with Crippen molar-refractivity contribution in [3.8, 4) is 11.5 Å². The van der Waals surface area contributed by atoms with Gasteiger partial charge in [-0.3, -0.25) is 4.79 Å². The summed E-state index contributed by atoms with van der Waals surface area (Å²) in [6.07, 6.45) is 0.592. The highest BCUT2D eigenvalue weighted by Gasteiger charge is 2.10. The first-order chi connectivity index (χ1) is 12.6. The first kappa shape index (κ1) is 19.5. The van der Waals surface area contributed by atoms with Gasteiger partial charge >= 0.3 is 5.97 Å². The maximum atomic E-state index is 11.9. The van der Waals surface area contributed by atoms with Crippen molar-refractivity contribution in [2.45, 2.75) is 26.1 Å². The van der Waals surface area contributed by atoms with Crippen LogP contribution in [0.15, 0.2) is 42.5 Å². The quantitative estimate of drug-likeness (QED) is 0.548. The highest BCUT2D eigenvalue weighted by Crippen LogP contribution is 2.23. The summed E-state index contributed by atoms with van der Waals surface area (Å²) in [5.74, 6) is 0.559. The number of aliphatic hydroxyl groups is 1. The van der Waals surface area contributed by atoms with Crippen LogP contribution in [0.5, 0.6) is 11.5 Å². The van der Waals surface area contributed by atoms with Crippen LogP contribution in [0.25, 0.3) is 0 Å². The monoisotopic (exact) mass is 358 g/mol. The predicted octanol–water partition coefficient (Wildman–Crippen LogP) is 3.01. The number of esters is 1. The van der Waals surface area contributed by atoms with E-state index in [2.05, 4.69) is 0 Å². The summed E-state index contributed by atoms with van der Waals surface area (Å²) >= 11 is 0. The van der Waals surface area contributed by atoms with E-state index in [9.17, 15) is 14.7 Å². The lowest BCUT2D eigenvalue weighted by Crippen LogP contribution is -2.17. The molecule has 6 nitrogen and oxygen atoms in total. The predicted molar refractivity (Wildman–Crippen MR) is 95.7 cm³/mol. The summed E-state index contributed by atoms with van der Waals surface area (Å²) in [4.78, 5) is 22.9. The molecule has 0 amide bonds. The number of ether oxygens (including phenoxy) is 3. The SMILES string of the molecule is CC[C@@H](O)COC(=O)c1ccc(COc2ccc(OC)c(C=O)c2)cc1. The average Bonchev–Trinajstić information content (AvgIpc) is 2.70. The van der Waals surface area contributed by atoms with E-state index in [0.29, 0.717) is 35.3 Å². The molecule has 0 aliphatic heterocycles. The molecule has 0 aliphatic rings. The van der Waals surface area contributed by atoms with Gasteiger partial charge in [-0.25, -0.2) is 4.79 Å². The largest absolute Gasteiger partial charge is 0.496 e. The molecule has 0 aromatic heterocycles. The fraction of sp³-hybridized carbons (Fsp3) is 0.300. The summed E-state index contributed by atoms with van der Waals surface area (Å²) in [5.41, 5.74) is 1.68. The van der Waals surface area contributed by atoms with Gasteiger partial charge in [0.05, 0.1) is 24.3 Å². The Hall–Kier alpha value is -2.86. The Morgan fingerprint density at radius 3 is 2.54 bits per heavy atom. The van der Waals surface area contributed by atoms with E-state index in [1.807, 2.05) is 6.92 Å². The maximum absolute atomic E-state index is 11.9. The maximum Gasteiger partial charge on any atom is 0.338 e. The first-order valence-corrected chi connectivity index (χ1v) is 8.27. The molecule has 0 saturated carbocycles. The van der Waals surface area contributed by atoms with Gasteiger partial charge < -0.3 is 19.3 Å². The van der Waals surface area contributed by atoms with Crippen molar-refractivity contribution in [1.29, 1.82) is 0 Å². The molecule has 0 spiro atoms. The van der Waals surface area contributed by atoms with Gasteiger partial charge in [0.2, 0.25) is 0 Å². The third-order valence-electron chi connectivity index (χ3n) is 3.80. The molecule has 0 fully saturated rings. The number of hydrogen-bond acceptors (Lipinski definition) is 6. The zero-order chi connectivity index (χ0) is 18.9. The number of rotatable bonds is 9. The van der Waals surface area contributed by atoms with Crippen molar-refractivity contribution >= 4 is 12.3 Å². The Morgan fingerprint density at radius 2 is 1.92 bits per heavy atom. The number of methoxy groups -OCH3 is 1. The van der Waals surface area contributed by atoms with Crippen LogP contribution < -0.4 is 9.47 Å². The van der Waals surface area contributed by atoms with Gasteiger partial charge in [0.25, 0.3) is 0 Å². The Bertz CT molecular complexity index is 738. The van der Waals surface area contributed by atoms with Crippen LogP contribution in [0.3, 0.4) is 0 Å². The number of hydrogen-bond donors (Lipinski definition) is 1. The molecule has 0 bridgehead atoms. The third kappa shape index (κ3) is 5.32. The van der Waals surface area contributed by atoms with Crippen LogP contribution in [0.1, 0.15) is 39.6 Å². The molecule has 0 saturated heterocycles. The molecule has 2 aromatic carbocycles. The van der Waals surface area contributed by atoms with E-state index in [-0.39, 0.29) is 13.2 Å². The molecule has 1 N–H and O–H groups in total. The Balaban J connectivity index is 1.93. The molecular formula is C20H22O6. The Morgan fingerprint density at radius 1 is 1.19 bits per heavy atom. The number of aliphatic hydroxyl groups excluding tert-OH is 1. The van der Waals surface area contributed by atoms with Gasteiger partial charge in [-0.1, -0.05) is 19.1 Å². The van der Waals surface area contributed by atoms with Crippen molar-refractivity contribution in [3.05, 3.63) is 59.2 Å².